The Morgan fingerprint density at radius 3 is 2.61 bits per heavy atom. The third kappa shape index (κ3) is 2.93. The lowest BCUT2D eigenvalue weighted by Gasteiger charge is -2.20. The molecule has 2 fully saturated rings. The molecule has 0 aromatic carbocycles. The molecule has 0 spiro atoms. The standard InChI is InChI=1S/C12H20N2O4/c15-7-8-3-4-14(6-8)12(18)13-10-2-1-9(5-10)11(16)17/h8-10,15H,1-7H2,(H,13,18)(H,16,17)/t8?,9-,10+/m1/s1. The van der Waals surface area contributed by atoms with E-state index in [4.69, 9.17) is 10.2 Å². The summed E-state index contributed by atoms with van der Waals surface area (Å²) in [5.41, 5.74) is 0. The van der Waals surface area contributed by atoms with Gasteiger partial charge in [-0.25, -0.2) is 4.79 Å². The topological polar surface area (TPSA) is 89.9 Å². The first kappa shape index (κ1) is 13.1. The van der Waals surface area contributed by atoms with E-state index in [2.05, 4.69) is 5.32 Å². The Balaban J connectivity index is 1.77. The van der Waals surface area contributed by atoms with Gasteiger partial charge >= 0.3 is 12.0 Å². The first-order valence-corrected chi connectivity index (χ1v) is 6.49. The number of urea groups is 1. The van der Waals surface area contributed by atoms with Crippen molar-refractivity contribution in [1.29, 1.82) is 0 Å². The van der Waals surface area contributed by atoms with E-state index < -0.39 is 5.97 Å². The number of nitrogens with one attached hydrogen (secondary N) is 1. The van der Waals surface area contributed by atoms with Crippen molar-refractivity contribution in [2.45, 2.75) is 31.7 Å². The van der Waals surface area contributed by atoms with Gasteiger partial charge in [0.2, 0.25) is 0 Å². The molecule has 1 saturated carbocycles. The van der Waals surface area contributed by atoms with E-state index in [1.165, 1.54) is 0 Å². The van der Waals surface area contributed by atoms with Crippen LogP contribution in [-0.2, 0) is 4.79 Å². The normalized spacial score (nSPS) is 31.6. The van der Waals surface area contributed by atoms with Crippen LogP contribution in [0, 0.1) is 11.8 Å². The lowest BCUT2D eigenvalue weighted by molar-refractivity contribution is -0.141. The number of hydrogen-bond acceptors (Lipinski definition) is 3. The summed E-state index contributed by atoms with van der Waals surface area (Å²) < 4.78 is 0. The maximum Gasteiger partial charge on any atom is 0.317 e. The lowest BCUT2D eigenvalue weighted by Crippen LogP contribution is -2.43. The van der Waals surface area contributed by atoms with Crippen LogP contribution in [0.25, 0.3) is 0 Å². The molecule has 2 amide bonds. The summed E-state index contributed by atoms with van der Waals surface area (Å²) >= 11 is 0. The molecule has 2 aliphatic rings. The van der Waals surface area contributed by atoms with Crippen LogP contribution in [0.15, 0.2) is 0 Å². The third-order valence-corrected chi connectivity index (χ3v) is 3.94. The van der Waals surface area contributed by atoms with Crippen LogP contribution in [0.1, 0.15) is 25.7 Å². The number of aliphatic carboxylic acids is 1. The Kier molecular flexibility index (Phi) is 4.06. The zero-order chi connectivity index (χ0) is 13.1. The summed E-state index contributed by atoms with van der Waals surface area (Å²) in [6, 6.07) is -0.145. The average molecular weight is 256 g/mol. The van der Waals surface area contributed by atoms with Crippen LogP contribution < -0.4 is 5.32 Å². The summed E-state index contributed by atoms with van der Waals surface area (Å²) in [6.45, 7) is 1.39. The fraction of sp³-hybridized carbons (Fsp3) is 0.833. The fourth-order valence-corrected chi connectivity index (χ4v) is 2.77. The first-order valence-electron chi connectivity index (χ1n) is 6.49. The zero-order valence-electron chi connectivity index (χ0n) is 10.3. The summed E-state index contributed by atoms with van der Waals surface area (Å²) in [5.74, 6) is -0.904. The van der Waals surface area contributed by atoms with Crippen molar-refractivity contribution in [3.05, 3.63) is 0 Å². The molecular formula is C12H20N2O4. The van der Waals surface area contributed by atoms with Gasteiger partial charge in [0.1, 0.15) is 0 Å². The highest BCUT2D eigenvalue weighted by molar-refractivity contribution is 5.75. The number of amides is 2. The van der Waals surface area contributed by atoms with E-state index in [1.807, 2.05) is 0 Å². The molecule has 1 heterocycles. The monoisotopic (exact) mass is 256 g/mol. The Hall–Kier alpha value is -1.30. The first-order chi connectivity index (χ1) is 8.60. The lowest BCUT2D eigenvalue weighted by atomic mass is 10.1. The smallest absolute Gasteiger partial charge is 0.317 e. The Morgan fingerprint density at radius 2 is 2.06 bits per heavy atom. The second-order valence-corrected chi connectivity index (χ2v) is 5.28. The number of carbonyl (C=O) groups is 2. The van der Waals surface area contributed by atoms with E-state index >= 15 is 0 Å². The zero-order valence-corrected chi connectivity index (χ0v) is 10.3. The number of likely N-dealkylation sites (tertiary alicyclic amines) is 1. The van der Waals surface area contributed by atoms with Gasteiger partial charge in [0.25, 0.3) is 0 Å². The van der Waals surface area contributed by atoms with Crippen LogP contribution in [0.2, 0.25) is 0 Å². The molecule has 3 atom stereocenters. The van der Waals surface area contributed by atoms with E-state index in [0.29, 0.717) is 25.9 Å². The Morgan fingerprint density at radius 1 is 1.28 bits per heavy atom. The van der Waals surface area contributed by atoms with Crippen molar-refractivity contribution >= 4 is 12.0 Å². The molecule has 6 nitrogen and oxygen atoms in total. The molecule has 1 aliphatic carbocycles. The minimum absolute atomic E-state index is 0.0215. The number of hydrogen-bond donors (Lipinski definition) is 3. The molecule has 2 rings (SSSR count). The SMILES string of the molecule is O=C(O)[C@@H]1CC[C@H](NC(=O)N2CCC(CO)C2)C1. The molecule has 3 N–H and O–H groups in total. The summed E-state index contributed by atoms with van der Waals surface area (Å²) in [7, 11) is 0. The number of aliphatic hydroxyl groups excluding tert-OH is 1. The number of carboxylic acids is 1. The summed E-state index contributed by atoms with van der Waals surface area (Å²) in [4.78, 5) is 24.4. The predicted octanol–water partition coefficient (Wildman–Crippen LogP) is 0.263. The Bertz CT molecular complexity index is 334. The molecule has 102 valence electrons. The van der Waals surface area contributed by atoms with Gasteiger partial charge in [-0.2, -0.15) is 0 Å². The summed E-state index contributed by atoms with van der Waals surface area (Å²) in [5, 5.41) is 20.8. The van der Waals surface area contributed by atoms with Crippen LogP contribution in [0.3, 0.4) is 0 Å². The van der Waals surface area contributed by atoms with E-state index in [-0.39, 0.29) is 30.5 Å². The number of nitrogens with zero attached hydrogens (tertiary/aromatic N) is 1. The van der Waals surface area contributed by atoms with Crippen molar-refractivity contribution in [2.24, 2.45) is 11.8 Å². The molecule has 0 radical (unpaired) electrons. The van der Waals surface area contributed by atoms with Crippen LogP contribution in [0.5, 0.6) is 0 Å². The largest absolute Gasteiger partial charge is 0.481 e. The van der Waals surface area contributed by atoms with Crippen molar-refractivity contribution in [2.75, 3.05) is 19.7 Å². The fourth-order valence-electron chi connectivity index (χ4n) is 2.77. The third-order valence-electron chi connectivity index (χ3n) is 3.94. The number of carboxylic acid groups (broad SMARTS) is 1. The molecular weight excluding hydrogens is 236 g/mol. The van der Waals surface area contributed by atoms with Gasteiger partial charge in [0.15, 0.2) is 0 Å². The van der Waals surface area contributed by atoms with Gasteiger partial charge in [0.05, 0.1) is 5.92 Å². The molecule has 18 heavy (non-hydrogen) atoms. The van der Waals surface area contributed by atoms with Crippen LogP contribution >= 0.6 is 0 Å². The number of rotatable bonds is 3. The molecule has 1 saturated heterocycles. The van der Waals surface area contributed by atoms with Crippen LogP contribution in [0.4, 0.5) is 4.79 Å². The Labute approximate surface area is 106 Å². The van der Waals surface area contributed by atoms with E-state index in [0.717, 1.165) is 12.8 Å². The number of aliphatic hydroxyl groups is 1. The van der Waals surface area contributed by atoms with Crippen molar-refractivity contribution in [3.8, 4) is 0 Å². The van der Waals surface area contributed by atoms with Crippen molar-refractivity contribution in [3.63, 3.8) is 0 Å². The number of carbonyl (C=O) groups excluding carboxylic acids is 1. The predicted molar refractivity (Wildman–Crippen MR) is 64.1 cm³/mol. The van der Waals surface area contributed by atoms with Gasteiger partial charge in [-0.05, 0) is 25.7 Å². The van der Waals surface area contributed by atoms with E-state index in [9.17, 15) is 9.59 Å². The quantitative estimate of drug-likeness (QED) is 0.676. The average Bonchev–Trinajstić information content (AvgIpc) is 2.96. The minimum Gasteiger partial charge on any atom is -0.481 e. The van der Waals surface area contributed by atoms with Gasteiger partial charge in [0, 0.05) is 31.7 Å². The van der Waals surface area contributed by atoms with Crippen molar-refractivity contribution in [1.82, 2.24) is 10.2 Å². The van der Waals surface area contributed by atoms with Gasteiger partial charge in [-0.15, -0.1) is 0 Å². The van der Waals surface area contributed by atoms with Gasteiger partial charge in [-0.3, -0.25) is 4.79 Å². The van der Waals surface area contributed by atoms with E-state index in [1.54, 1.807) is 4.90 Å². The highest BCUT2D eigenvalue weighted by atomic mass is 16.4. The van der Waals surface area contributed by atoms with Gasteiger partial charge < -0.3 is 20.4 Å². The molecule has 0 aromatic heterocycles. The van der Waals surface area contributed by atoms with Gasteiger partial charge in [-0.1, -0.05) is 0 Å². The maximum atomic E-state index is 11.9. The highest BCUT2D eigenvalue weighted by Crippen LogP contribution is 2.26. The minimum atomic E-state index is -0.770. The molecule has 1 unspecified atom stereocenters. The maximum absolute atomic E-state index is 11.9. The molecule has 1 aliphatic heterocycles. The summed E-state index contributed by atoms with van der Waals surface area (Å²) in [6.07, 6.45) is 2.74. The highest BCUT2D eigenvalue weighted by Gasteiger charge is 2.32. The second-order valence-electron chi connectivity index (χ2n) is 5.28. The molecule has 0 aromatic rings. The molecule has 0 bridgehead atoms. The van der Waals surface area contributed by atoms with Crippen molar-refractivity contribution < 1.29 is 19.8 Å². The molecule has 6 heteroatoms. The van der Waals surface area contributed by atoms with Crippen LogP contribution in [-0.4, -0.2) is 52.9 Å². The second kappa shape index (κ2) is 5.56.